The maximum Gasteiger partial charge on any atom is 0.135 e. The molecule has 2 aromatic carbocycles. The Kier molecular flexibility index (Phi) is 5.79. The Labute approximate surface area is 184 Å². The first-order chi connectivity index (χ1) is 14.0. The van der Waals surface area contributed by atoms with Gasteiger partial charge in [0.1, 0.15) is 10.9 Å². The van der Waals surface area contributed by atoms with Gasteiger partial charge in [0.2, 0.25) is 0 Å². The lowest BCUT2D eigenvalue weighted by Gasteiger charge is -2.18. The first kappa shape index (κ1) is 20.2. The van der Waals surface area contributed by atoms with E-state index >= 15 is 0 Å². The summed E-state index contributed by atoms with van der Waals surface area (Å²) in [4.78, 5) is 4.78. The van der Waals surface area contributed by atoms with Gasteiger partial charge in [-0.05, 0) is 48.7 Å². The van der Waals surface area contributed by atoms with Gasteiger partial charge >= 0.3 is 0 Å². The van der Waals surface area contributed by atoms with Crippen molar-refractivity contribution in [3.05, 3.63) is 68.8 Å². The Morgan fingerprint density at radius 3 is 2.66 bits per heavy atom. The molecule has 0 bridgehead atoms. The molecule has 0 spiro atoms. The molecule has 1 aliphatic rings. The van der Waals surface area contributed by atoms with E-state index in [9.17, 15) is 0 Å². The van der Waals surface area contributed by atoms with Gasteiger partial charge in [-0.15, -0.1) is 0 Å². The van der Waals surface area contributed by atoms with Crippen molar-refractivity contribution in [1.82, 2.24) is 10.4 Å². The number of hydrogen-bond acceptors (Lipinski definition) is 4. The summed E-state index contributed by atoms with van der Waals surface area (Å²) in [5.41, 5.74) is 8.34. The molecule has 1 unspecified atom stereocenters. The second-order valence-corrected chi connectivity index (χ2v) is 8.73. The average molecular weight is 473 g/mol. The molecule has 0 saturated carbocycles. The smallest absolute Gasteiger partial charge is 0.135 e. The van der Waals surface area contributed by atoms with Crippen molar-refractivity contribution in [2.45, 2.75) is 39.2 Å². The lowest BCUT2D eigenvalue weighted by molar-refractivity contribution is 0.336. The Hall–Kier alpha value is -2.11. The molecule has 0 aliphatic carbocycles. The fraction of sp³-hybridized carbons (Fsp3) is 0.304. The zero-order valence-corrected chi connectivity index (χ0v) is 19.0. The fourth-order valence-corrected chi connectivity index (χ4v) is 4.30. The van der Waals surface area contributed by atoms with Crippen LogP contribution in [0.1, 0.15) is 55.8 Å². The number of rotatable bonds is 5. The Morgan fingerprint density at radius 2 is 1.97 bits per heavy atom. The van der Waals surface area contributed by atoms with Crippen molar-refractivity contribution < 1.29 is 4.74 Å². The van der Waals surface area contributed by atoms with E-state index in [0.717, 1.165) is 49.9 Å². The van der Waals surface area contributed by atoms with E-state index in [4.69, 9.17) is 21.3 Å². The van der Waals surface area contributed by atoms with E-state index in [1.165, 1.54) is 0 Å². The lowest BCUT2D eigenvalue weighted by Crippen LogP contribution is -2.12. The van der Waals surface area contributed by atoms with Crippen LogP contribution in [0.5, 0.6) is 5.75 Å². The molecule has 6 heteroatoms. The zero-order chi connectivity index (χ0) is 20.5. The van der Waals surface area contributed by atoms with Crippen LogP contribution in [0, 0.1) is 0 Å². The van der Waals surface area contributed by atoms with E-state index in [1.807, 2.05) is 25.1 Å². The molecule has 4 nitrogen and oxygen atoms in total. The van der Waals surface area contributed by atoms with Gasteiger partial charge in [-0.1, -0.05) is 53.5 Å². The number of nitrogens with zero attached hydrogens (tertiary/aromatic N) is 2. The van der Waals surface area contributed by atoms with Crippen LogP contribution in [0.3, 0.4) is 0 Å². The molecule has 0 saturated heterocycles. The number of hydrogen-bond donors (Lipinski definition) is 1. The van der Waals surface area contributed by atoms with Gasteiger partial charge < -0.3 is 10.2 Å². The number of fused-ring (bicyclic) bond motifs is 1. The topological polar surface area (TPSA) is 46.5 Å². The second kappa shape index (κ2) is 8.33. The first-order valence-corrected chi connectivity index (χ1v) is 11.0. The largest absolute Gasteiger partial charge is 0.494 e. The molecule has 0 radical (unpaired) electrons. The third kappa shape index (κ3) is 3.99. The van der Waals surface area contributed by atoms with Crippen molar-refractivity contribution >= 4 is 44.1 Å². The average Bonchev–Trinajstić information content (AvgIpc) is 3.17. The number of nitrogens with one attached hydrogen (secondary N) is 1. The number of pyridine rings is 1. The SMILES string of the molecule is CCOc1ccc2cc(C3CC(c4ccc(Br)cc4)=NN3)c(Cl)nc2c1C(C)C. The molecule has 3 aromatic rings. The minimum absolute atomic E-state index is 0.00659. The van der Waals surface area contributed by atoms with Crippen LogP contribution >= 0.6 is 27.5 Å². The third-order valence-corrected chi connectivity index (χ3v) is 5.98. The predicted molar refractivity (Wildman–Crippen MR) is 123 cm³/mol. The van der Waals surface area contributed by atoms with Crippen molar-refractivity contribution in [3.63, 3.8) is 0 Å². The first-order valence-electron chi connectivity index (χ1n) is 9.81. The molecule has 2 heterocycles. The molecule has 1 aliphatic heterocycles. The summed E-state index contributed by atoms with van der Waals surface area (Å²) in [6.07, 6.45) is 0.766. The summed E-state index contributed by atoms with van der Waals surface area (Å²) in [6, 6.07) is 14.4. The van der Waals surface area contributed by atoms with Gasteiger partial charge in [0.25, 0.3) is 0 Å². The highest BCUT2D eigenvalue weighted by atomic mass is 79.9. The minimum Gasteiger partial charge on any atom is -0.494 e. The standard InChI is InChI=1S/C23H23BrClN3O/c1-4-29-20-10-7-15-11-17(23(25)26-22(15)21(20)13(2)3)19-12-18(27-28-19)14-5-8-16(24)9-6-14/h5-11,13,19,28H,4,12H2,1-3H3. The normalized spacial score (nSPS) is 16.2. The van der Waals surface area contributed by atoms with Crippen LogP contribution in [-0.2, 0) is 0 Å². The van der Waals surface area contributed by atoms with Crippen LogP contribution in [0.2, 0.25) is 5.15 Å². The molecule has 29 heavy (non-hydrogen) atoms. The van der Waals surface area contributed by atoms with Crippen molar-refractivity contribution in [2.24, 2.45) is 5.10 Å². The van der Waals surface area contributed by atoms with E-state index < -0.39 is 0 Å². The van der Waals surface area contributed by atoms with Crippen molar-refractivity contribution in [1.29, 1.82) is 0 Å². The fourth-order valence-electron chi connectivity index (χ4n) is 3.77. The molecule has 1 N–H and O–H groups in total. The Morgan fingerprint density at radius 1 is 1.21 bits per heavy atom. The molecule has 0 fully saturated rings. The van der Waals surface area contributed by atoms with Gasteiger partial charge in [0.05, 0.1) is 23.9 Å². The Bertz CT molecular complexity index is 1080. The highest BCUT2D eigenvalue weighted by Gasteiger charge is 2.25. The van der Waals surface area contributed by atoms with Gasteiger partial charge in [0, 0.05) is 27.4 Å². The number of aromatic nitrogens is 1. The van der Waals surface area contributed by atoms with Crippen LogP contribution in [-0.4, -0.2) is 17.3 Å². The summed E-state index contributed by atoms with van der Waals surface area (Å²) in [7, 11) is 0. The lowest BCUT2D eigenvalue weighted by atomic mass is 9.95. The van der Waals surface area contributed by atoms with E-state index in [2.05, 4.69) is 64.6 Å². The molecule has 4 rings (SSSR count). The van der Waals surface area contributed by atoms with Gasteiger partial charge in [0.15, 0.2) is 0 Å². The van der Waals surface area contributed by atoms with Gasteiger partial charge in [-0.25, -0.2) is 4.98 Å². The van der Waals surface area contributed by atoms with E-state index in [-0.39, 0.29) is 12.0 Å². The molecule has 150 valence electrons. The summed E-state index contributed by atoms with van der Waals surface area (Å²) in [5.74, 6) is 1.16. The summed E-state index contributed by atoms with van der Waals surface area (Å²) in [6.45, 7) is 6.92. The monoisotopic (exact) mass is 471 g/mol. The molecule has 1 aromatic heterocycles. The molecular formula is C23H23BrClN3O. The quantitative estimate of drug-likeness (QED) is 0.425. The summed E-state index contributed by atoms with van der Waals surface area (Å²) >= 11 is 10.1. The van der Waals surface area contributed by atoms with Crippen molar-refractivity contribution in [2.75, 3.05) is 6.61 Å². The maximum atomic E-state index is 6.65. The van der Waals surface area contributed by atoms with Crippen molar-refractivity contribution in [3.8, 4) is 5.75 Å². The highest BCUT2D eigenvalue weighted by molar-refractivity contribution is 9.10. The predicted octanol–water partition coefficient (Wildman–Crippen LogP) is 6.61. The number of ether oxygens (including phenoxy) is 1. The van der Waals surface area contributed by atoms with Gasteiger partial charge in [-0.2, -0.15) is 5.10 Å². The van der Waals surface area contributed by atoms with Crippen LogP contribution < -0.4 is 10.2 Å². The Balaban J connectivity index is 1.68. The molecular weight excluding hydrogens is 450 g/mol. The summed E-state index contributed by atoms with van der Waals surface area (Å²) < 4.78 is 6.88. The van der Waals surface area contributed by atoms with Gasteiger partial charge in [-0.3, -0.25) is 0 Å². The molecule has 0 amide bonds. The van der Waals surface area contributed by atoms with Crippen LogP contribution in [0.15, 0.2) is 52.0 Å². The summed E-state index contributed by atoms with van der Waals surface area (Å²) in [5, 5.41) is 6.12. The number of halogens is 2. The second-order valence-electron chi connectivity index (χ2n) is 7.46. The number of hydrazone groups is 1. The van der Waals surface area contributed by atoms with Crippen LogP contribution in [0.4, 0.5) is 0 Å². The van der Waals surface area contributed by atoms with E-state index in [0.29, 0.717) is 11.8 Å². The van der Waals surface area contributed by atoms with Crippen LogP contribution in [0.25, 0.3) is 10.9 Å². The number of benzene rings is 2. The molecule has 1 atom stereocenters. The maximum absolute atomic E-state index is 6.65. The van der Waals surface area contributed by atoms with E-state index in [1.54, 1.807) is 0 Å². The third-order valence-electron chi connectivity index (χ3n) is 5.15. The zero-order valence-electron chi connectivity index (χ0n) is 16.7. The highest BCUT2D eigenvalue weighted by Crippen LogP contribution is 2.37. The minimum atomic E-state index is 0.00659.